The topological polar surface area (TPSA) is 49.4 Å². The van der Waals surface area contributed by atoms with Gasteiger partial charge in [0.2, 0.25) is 11.8 Å². The van der Waals surface area contributed by atoms with Crippen LogP contribution < -0.4 is 10.2 Å². The number of hydrogen-bond acceptors (Lipinski definition) is 2. The van der Waals surface area contributed by atoms with E-state index in [9.17, 15) is 22.8 Å². The molecule has 1 N–H and O–H groups in total. The first kappa shape index (κ1) is 17.5. The van der Waals surface area contributed by atoms with Gasteiger partial charge in [0.1, 0.15) is 0 Å². The van der Waals surface area contributed by atoms with Crippen molar-refractivity contribution in [3.8, 4) is 0 Å². The van der Waals surface area contributed by atoms with Crippen LogP contribution in [0, 0.1) is 23.4 Å². The Morgan fingerprint density at radius 1 is 1.08 bits per heavy atom. The summed E-state index contributed by atoms with van der Waals surface area (Å²) in [5.41, 5.74) is 0.181. The number of nitrogens with zero attached hydrogens (tertiary/aromatic N) is 1. The number of carbonyl (C=O) groups is 2. The van der Waals surface area contributed by atoms with Crippen molar-refractivity contribution in [2.75, 3.05) is 16.8 Å². The molecular formula is C17H12BrF3N2O2. The van der Waals surface area contributed by atoms with Crippen molar-refractivity contribution in [3.05, 3.63) is 58.3 Å². The lowest BCUT2D eigenvalue weighted by molar-refractivity contribution is -0.122. The summed E-state index contributed by atoms with van der Waals surface area (Å²) >= 11 is 3.30. The number of carbonyl (C=O) groups excluding carboxylic acids is 2. The second kappa shape index (κ2) is 6.87. The smallest absolute Gasteiger partial charge is 0.229 e. The Kier molecular flexibility index (Phi) is 4.80. The van der Waals surface area contributed by atoms with Gasteiger partial charge in [-0.15, -0.1) is 0 Å². The number of rotatable bonds is 3. The molecule has 1 saturated heterocycles. The summed E-state index contributed by atoms with van der Waals surface area (Å²) in [6.07, 6.45) is -0.0484. The fourth-order valence-electron chi connectivity index (χ4n) is 2.61. The molecule has 0 aliphatic carbocycles. The molecule has 3 rings (SSSR count). The quantitative estimate of drug-likeness (QED) is 0.778. The standard InChI is InChI=1S/C17H12BrF3N2O2/c18-10-1-3-11(4-2-10)23-8-9(7-14(23)24)17(25)22-13-6-5-12(19)15(20)16(13)21/h1-6,9H,7-8H2,(H,22,25). The number of amides is 2. The average Bonchev–Trinajstić information content (AvgIpc) is 2.98. The minimum atomic E-state index is -1.66. The molecule has 0 spiro atoms. The van der Waals surface area contributed by atoms with E-state index >= 15 is 0 Å². The van der Waals surface area contributed by atoms with Gasteiger partial charge in [-0.2, -0.15) is 0 Å². The maximum Gasteiger partial charge on any atom is 0.229 e. The Morgan fingerprint density at radius 2 is 1.76 bits per heavy atom. The summed E-state index contributed by atoms with van der Waals surface area (Å²) in [4.78, 5) is 25.9. The summed E-state index contributed by atoms with van der Waals surface area (Å²) in [5, 5.41) is 2.21. The minimum Gasteiger partial charge on any atom is -0.323 e. The molecule has 0 aromatic heterocycles. The number of hydrogen-bond donors (Lipinski definition) is 1. The van der Waals surface area contributed by atoms with E-state index in [1.807, 2.05) is 0 Å². The van der Waals surface area contributed by atoms with Crippen LogP contribution in [0.4, 0.5) is 24.5 Å². The van der Waals surface area contributed by atoms with Crippen LogP contribution >= 0.6 is 15.9 Å². The third-order valence-electron chi connectivity index (χ3n) is 3.93. The highest BCUT2D eigenvalue weighted by Crippen LogP contribution is 2.28. The highest BCUT2D eigenvalue weighted by Gasteiger charge is 2.35. The van der Waals surface area contributed by atoms with E-state index in [1.54, 1.807) is 24.3 Å². The van der Waals surface area contributed by atoms with E-state index < -0.39 is 35.0 Å². The Labute approximate surface area is 149 Å². The van der Waals surface area contributed by atoms with Gasteiger partial charge < -0.3 is 10.2 Å². The third kappa shape index (κ3) is 3.53. The molecule has 1 aliphatic rings. The lowest BCUT2D eigenvalue weighted by Crippen LogP contribution is -2.28. The number of nitrogens with one attached hydrogen (secondary N) is 1. The first-order valence-electron chi connectivity index (χ1n) is 7.37. The second-order valence-corrected chi connectivity index (χ2v) is 6.51. The number of benzene rings is 2. The van der Waals surface area contributed by atoms with Crippen LogP contribution in [0.2, 0.25) is 0 Å². The van der Waals surface area contributed by atoms with E-state index in [-0.39, 0.29) is 18.9 Å². The molecule has 1 atom stereocenters. The van der Waals surface area contributed by atoms with E-state index in [2.05, 4.69) is 21.2 Å². The predicted octanol–water partition coefficient (Wildman–Crippen LogP) is 3.86. The molecule has 25 heavy (non-hydrogen) atoms. The Morgan fingerprint density at radius 3 is 2.44 bits per heavy atom. The van der Waals surface area contributed by atoms with E-state index in [4.69, 9.17) is 0 Å². The summed E-state index contributed by atoms with van der Waals surface area (Å²) in [7, 11) is 0. The second-order valence-electron chi connectivity index (χ2n) is 5.59. The van der Waals surface area contributed by atoms with Gasteiger partial charge >= 0.3 is 0 Å². The third-order valence-corrected chi connectivity index (χ3v) is 4.46. The molecule has 2 aromatic rings. The van der Waals surface area contributed by atoms with Crippen LogP contribution in [0.3, 0.4) is 0 Å². The Balaban J connectivity index is 1.73. The Hall–Kier alpha value is -2.35. The minimum absolute atomic E-state index is 0.0484. The van der Waals surface area contributed by atoms with E-state index in [0.717, 1.165) is 16.6 Å². The molecule has 1 aliphatic heterocycles. The fraction of sp³-hybridized carbons (Fsp3) is 0.176. The lowest BCUT2D eigenvalue weighted by atomic mass is 10.1. The SMILES string of the molecule is O=C(Nc1ccc(F)c(F)c1F)C1CC(=O)N(c2ccc(Br)cc2)C1. The Bertz CT molecular complexity index is 843. The van der Waals surface area contributed by atoms with Crippen molar-refractivity contribution in [3.63, 3.8) is 0 Å². The normalized spacial score (nSPS) is 17.0. The monoisotopic (exact) mass is 412 g/mol. The molecule has 2 aromatic carbocycles. The zero-order chi connectivity index (χ0) is 18.1. The number of anilines is 2. The maximum absolute atomic E-state index is 13.7. The largest absolute Gasteiger partial charge is 0.323 e. The highest BCUT2D eigenvalue weighted by atomic mass is 79.9. The van der Waals surface area contributed by atoms with E-state index in [0.29, 0.717) is 5.69 Å². The van der Waals surface area contributed by atoms with Crippen LogP contribution in [0.1, 0.15) is 6.42 Å². The van der Waals surface area contributed by atoms with Crippen LogP contribution in [-0.4, -0.2) is 18.4 Å². The molecule has 0 saturated carbocycles. The number of halogens is 4. The van der Waals surface area contributed by atoms with Gasteiger partial charge in [0.15, 0.2) is 17.5 Å². The van der Waals surface area contributed by atoms with Crippen molar-refractivity contribution < 1.29 is 22.8 Å². The van der Waals surface area contributed by atoms with Crippen molar-refractivity contribution in [2.45, 2.75) is 6.42 Å². The van der Waals surface area contributed by atoms with Crippen molar-refractivity contribution in [1.82, 2.24) is 0 Å². The summed E-state index contributed by atoms with van der Waals surface area (Å²) in [5.74, 6) is -6.05. The zero-order valence-corrected chi connectivity index (χ0v) is 14.3. The van der Waals surface area contributed by atoms with Crippen molar-refractivity contribution >= 4 is 39.1 Å². The molecule has 0 bridgehead atoms. The summed E-state index contributed by atoms with van der Waals surface area (Å²) in [6.45, 7) is 0.123. The van der Waals surface area contributed by atoms with Gasteiger partial charge in [-0.3, -0.25) is 9.59 Å². The fourth-order valence-corrected chi connectivity index (χ4v) is 2.88. The predicted molar refractivity (Wildman–Crippen MR) is 89.5 cm³/mol. The van der Waals surface area contributed by atoms with Crippen LogP contribution in [-0.2, 0) is 9.59 Å². The molecular weight excluding hydrogens is 401 g/mol. The first-order chi connectivity index (χ1) is 11.9. The van der Waals surface area contributed by atoms with Gasteiger partial charge in [0.25, 0.3) is 0 Å². The molecule has 2 amide bonds. The molecule has 4 nitrogen and oxygen atoms in total. The van der Waals surface area contributed by atoms with Gasteiger partial charge in [-0.05, 0) is 36.4 Å². The van der Waals surface area contributed by atoms with Gasteiger partial charge in [-0.1, -0.05) is 15.9 Å². The lowest BCUT2D eigenvalue weighted by Gasteiger charge is -2.17. The van der Waals surface area contributed by atoms with Crippen LogP contribution in [0.15, 0.2) is 40.9 Å². The molecule has 1 unspecified atom stereocenters. The highest BCUT2D eigenvalue weighted by molar-refractivity contribution is 9.10. The summed E-state index contributed by atoms with van der Waals surface area (Å²) in [6, 6.07) is 8.67. The van der Waals surface area contributed by atoms with Gasteiger partial charge in [-0.25, -0.2) is 13.2 Å². The summed E-state index contributed by atoms with van der Waals surface area (Å²) < 4.78 is 40.7. The first-order valence-corrected chi connectivity index (χ1v) is 8.16. The van der Waals surface area contributed by atoms with E-state index in [1.165, 1.54) is 4.90 Å². The molecule has 0 radical (unpaired) electrons. The molecule has 8 heteroatoms. The maximum atomic E-state index is 13.7. The molecule has 130 valence electrons. The van der Waals surface area contributed by atoms with Crippen LogP contribution in [0.5, 0.6) is 0 Å². The molecule has 1 heterocycles. The zero-order valence-electron chi connectivity index (χ0n) is 12.7. The molecule has 1 fully saturated rings. The van der Waals surface area contributed by atoms with Crippen molar-refractivity contribution in [1.29, 1.82) is 0 Å². The van der Waals surface area contributed by atoms with Gasteiger partial charge in [0.05, 0.1) is 11.6 Å². The van der Waals surface area contributed by atoms with Crippen molar-refractivity contribution in [2.24, 2.45) is 5.92 Å². The van der Waals surface area contributed by atoms with Crippen LogP contribution in [0.25, 0.3) is 0 Å². The average molecular weight is 413 g/mol. The van der Waals surface area contributed by atoms with Gasteiger partial charge in [0, 0.05) is 23.1 Å².